The van der Waals surface area contributed by atoms with Crippen molar-refractivity contribution in [3.05, 3.63) is 0 Å². The van der Waals surface area contributed by atoms with Gasteiger partial charge in [-0.25, -0.2) is 10.0 Å². The maximum absolute atomic E-state index is 2.91. The normalized spacial score (nSPS) is 15.1. The van der Waals surface area contributed by atoms with Gasteiger partial charge in [0.05, 0.1) is 5.54 Å². The average Bonchev–Trinajstić information content (AvgIpc) is 2.81. The van der Waals surface area contributed by atoms with Gasteiger partial charge < -0.3 is 0 Å². The van der Waals surface area contributed by atoms with E-state index < -0.39 is 0 Å². The third kappa shape index (κ3) is 9.17. The number of unbranched alkanes of at least 4 members (excludes halogenated alkanes) is 2. The molecule has 0 bridgehead atoms. The van der Waals surface area contributed by atoms with Gasteiger partial charge in [0.1, 0.15) is 0 Å². The molecular weight excluding hydrogens is 454 g/mol. The van der Waals surface area contributed by atoms with Crippen molar-refractivity contribution in [3.63, 3.8) is 0 Å². The average molecular weight is 526 g/mol. The van der Waals surface area contributed by atoms with Crippen molar-refractivity contribution in [1.29, 1.82) is 0 Å². The van der Waals surface area contributed by atoms with Gasteiger partial charge in [-0.2, -0.15) is 0 Å². The zero-order valence-corrected chi connectivity index (χ0v) is 28.2. The van der Waals surface area contributed by atoms with Crippen molar-refractivity contribution >= 4 is 0 Å². The van der Waals surface area contributed by atoms with Gasteiger partial charge in [-0.1, -0.05) is 68.2 Å². The smallest absolute Gasteiger partial charge is 0.162 e. The Morgan fingerprint density at radius 2 is 1.00 bits per heavy atom. The third-order valence-electron chi connectivity index (χ3n) is 8.05. The lowest BCUT2D eigenvalue weighted by molar-refractivity contribution is -0.314. The number of nitrogens with zero attached hydrogens (tertiary/aromatic N) is 5. The molecule has 0 aliphatic heterocycles. The second-order valence-corrected chi connectivity index (χ2v) is 12.6. The molecular formula is C32H71N5. The first kappa shape index (κ1) is 36.8. The number of likely N-dealkylation sites (N-methyl/N-ethyl adjacent to an activating group) is 1. The second-order valence-electron chi connectivity index (χ2n) is 12.6. The van der Waals surface area contributed by atoms with E-state index >= 15 is 0 Å². The highest BCUT2D eigenvalue weighted by Crippen LogP contribution is 2.44. The summed E-state index contributed by atoms with van der Waals surface area (Å²) in [7, 11) is 0. The summed E-state index contributed by atoms with van der Waals surface area (Å²) in [6, 6.07) is 0.833. The highest BCUT2D eigenvalue weighted by Gasteiger charge is 2.61. The van der Waals surface area contributed by atoms with E-state index in [1.54, 1.807) is 0 Å². The molecule has 1 atom stereocenters. The minimum absolute atomic E-state index is 0.110. The molecule has 5 nitrogen and oxygen atoms in total. The van der Waals surface area contributed by atoms with Crippen LogP contribution in [0.4, 0.5) is 0 Å². The van der Waals surface area contributed by atoms with Crippen LogP contribution in [0.3, 0.4) is 0 Å². The lowest BCUT2D eigenvalue weighted by Gasteiger charge is -2.69. The first-order valence-corrected chi connectivity index (χ1v) is 16.2. The Hall–Kier alpha value is -0.200. The van der Waals surface area contributed by atoms with E-state index in [-0.39, 0.29) is 11.3 Å². The number of rotatable bonds is 22. The van der Waals surface area contributed by atoms with Crippen LogP contribution in [0.25, 0.3) is 0 Å². The molecule has 0 saturated carbocycles. The summed E-state index contributed by atoms with van der Waals surface area (Å²) in [5.41, 5.74) is -0.110. The summed E-state index contributed by atoms with van der Waals surface area (Å²) >= 11 is 0. The zero-order chi connectivity index (χ0) is 28.8. The molecule has 0 aliphatic carbocycles. The van der Waals surface area contributed by atoms with Crippen LogP contribution in [-0.4, -0.2) is 93.9 Å². The van der Waals surface area contributed by atoms with Gasteiger partial charge in [0.25, 0.3) is 0 Å². The van der Waals surface area contributed by atoms with Crippen LogP contribution in [-0.2, 0) is 0 Å². The van der Waals surface area contributed by atoms with Crippen LogP contribution in [0, 0.1) is 5.92 Å². The molecule has 37 heavy (non-hydrogen) atoms. The molecule has 0 fully saturated rings. The highest BCUT2D eigenvalue weighted by molar-refractivity contribution is 5.08. The van der Waals surface area contributed by atoms with E-state index in [2.05, 4.69) is 122 Å². The predicted octanol–water partition coefficient (Wildman–Crippen LogP) is 7.78. The molecule has 0 spiro atoms. The number of hydrazine groups is 1. The lowest BCUT2D eigenvalue weighted by atomic mass is 9.85. The van der Waals surface area contributed by atoms with E-state index in [0.29, 0.717) is 18.0 Å². The molecule has 5 heteroatoms. The molecule has 0 aliphatic rings. The summed E-state index contributed by atoms with van der Waals surface area (Å²) in [5.74, 6) is 0.294. The van der Waals surface area contributed by atoms with Crippen LogP contribution in [0.1, 0.15) is 135 Å². The molecule has 0 saturated heterocycles. The van der Waals surface area contributed by atoms with Gasteiger partial charge in [0.2, 0.25) is 0 Å². The largest absolute Gasteiger partial charge is 0.294 e. The van der Waals surface area contributed by atoms with Crippen molar-refractivity contribution in [2.75, 3.05) is 45.8 Å². The Bertz CT molecular complexity index is 535. The fraction of sp³-hybridized carbons (Fsp3) is 1.00. The summed E-state index contributed by atoms with van der Waals surface area (Å²) in [4.78, 5) is 8.54. The lowest BCUT2D eigenvalue weighted by Crippen LogP contribution is -2.86. The van der Waals surface area contributed by atoms with Crippen molar-refractivity contribution in [3.8, 4) is 0 Å². The van der Waals surface area contributed by atoms with Gasteiger partial charge in [-0.15, -0.1) is 0 Å². The molecule has 0 aromatic carbocycles. The van der Waals surface area contributed by atoms with Crippen LogP contribution >= 0.6 is 0 Å². The maximum Gasteiger partial charge on any atom is 0.162 e. The van der Waals surface area contributed by atoms with Crippen molar-refractivity contribution in [2.45, 2.75) is 159 Å². The van der Waals surface area contributed by atoms with E-state index in [1.165, 1.54) is 38.5 Å². The van der Waals surface area contributed by atoms with Gasteiger partial charge in [-0.3, -0.25) is 14.7 Å². The monoisotopic (exact) mass is 526 g/mol. The van der Waals surface area contributed by atoms with E-state index in [0.717, 1.165) is 45.8 Å². The first-order chi connectivity index (χ1) is 17.4. The van der Waals surface area contributed by atoms with E-state index in [1.807, 2.05) is 0 Å². The van der Waals surface area contributed by atoms with Crippen LogP contribution in [0.5, 0.6) is 0 Å². The van der Waals surface area contributed by atoms with Crippen LogP contribution < -0.4 is 0 Å². The zero-order valence-electron chi connectivity index (χ0n) is 28.2. The predicted molar refractivity (Wildman–Crippen MR) is 167 cm³/mol. The summed E-state index contributed by atoms with van der Waals surface area (Å²) < 4.78 is 0. The number of hydrogen-bond acceptors (Lipinski definition) is 5. The molecule has 224 valence electrons. The first-order valence-electron chi connectivity index (χ1n) is 16.2. The molecule has 0 N–H and O–H groups in total. The Morgan fingerprint density at radius 1 is 0.568 bits per heavy atom. The third-order valence-corrected chi connectivity index (χ3v) is 8.05. The topological polar surface area (TPSA) is 16.2 Å². The quantitative estimate of drug-likeness (QED) is 0.106. The Balaban J connectivity index is 7.91. The molecule has 0 amide bonds. The van der Waals surface area contributed by atoms with Gasteiger partial charge >= 0.3 is 0 Å². The second kappa shape index (κ2) is 18.2. The van der Waals surface area contributed by atoms with Crippen LogP contribution in [0.15, 0.2) is 0 Å². The molecule has 0 aromatic heterocycles. The van der Waals surface area contributed by atoms with Gasteiger partial charge in [0, 0.05) is 44.8 Å². The van der Waals surface area contributed by atoms with Crippen molar-refractivity contribution in [2.24, 2.45) is 5.92 Å². The minimum atomic E-state index is -0.279. The molecule has 0 rings (SSSR count). The van der Waals surface area contributed by atoms with Crippen molar-refractivity contribution in [1.82, 2.24) is 24.7 Å². The molecule has 0 aromatic rings. The highest BCUT2D eigenvalue weighted by atomic mass is 15.8. The fourth-order valence-corrected chi connectivity index (χ4v) is 6.80. The minimum Gasteiger partial charge on any atom is -0.294 e. The van der Waals surface area contributed by atoms with E-state index in [9.17, 15) is 0 Å². The molecule has 0 radical (unpaired) electrons. The summed E-state index contributed by atoms with van der Waals surface area (Å²) in [5, 5.41) is 5.71. The van der Waals surface area contributed by atoms with E-state index in [4.69, 9.17) is 0 Å². The summed E-state index contributed by atoms with van der Waals surface area (Å²) in [6.45, 7) is 41.5. The van der Waals surface area contributed by atoms with Crippen molar-refractivity contribution < 1.29 is 0 Å². The Kier molecular flexibility index (Phi) is 18.1. The fourth-order valence-electron chi connectivity index (χ4n) is 6.80. The summed E-state index contributed by atoms with van der Waals surface area (Å²) in [6.07, 6.45) is 7.28. The van der Waals surface area contributed by atoms with Gasteiger partial charge in [-0.05, 0) is 86.2 Å². The maximum atomic E-state index is 2.91. The number of hydrogen-bond donors (Lipinski definition) is 0. The SMILES string of the molecule is CCCCN(CCCC)N(CC(C)C)C(N(CCC)CCC)(N(C(C)C)C(C)C)C(C)(C)N(CC)CC. The standard InChI is InChI=1S/C32H71N5/c1-15-21-25-35(26-22-16-2)36(27-28(7)8)32(34(23-17-3)24-18-4,37(29(9)10)30(11)12)31(13,14)33(19-5)20-6/h28-30H,15-27H2,1-14H3. The molecule has 1 unspecified atom stereocenters. The Morgan fingerprint density at radius 3 is 1.30 bits per heavy atom. The Labute approximate surface area is 235 Å². The van der Waals surface area contributed by atoms with Gasteiger partial charge in [0.15, 0.2) is 5.79 Å². The molecule has 0 heterocycles. The van der Waals surface area contributed by atoms with Crippen LogP contribution in [0.2, 0.25) is 0 Å².